The van der Waals surface area contributed by atoms with Crippen LogP contribution < -0.4 is 10.2 Å². The van der Waals surface area contributed by atoms with E-state index in [0.717, 1.165) is 15.8 Å². The molecule has 0 atom stereocenters. The number of rotatable bonds is 6. The van der Waals surface area contributed by atoms with E-state index in [1.807, 2.05) is 30.3 Å². The molecule has 0 radical (unpaired) electrons. The topological polar surface area (TPSA) is 104 Å². The molecule has 27 heavy (non-hydrogen) atoms. The first-order valence-corrected chi connectivity index (χ1v) is 8.95. The van der Waals surface area contributed by atoms with Gasteiger partial charge in [-0.15, -0.1) is 11.8 Å². The van der Waals surface area contributed by atoms with Crippen LogP contribution in [0.5, 0.6) is 17.2 Å². The summed E-state index contributed by atoms with van der Waals surface area (Å²) in [6.07, 6.45) is 3.07. The Labute approximate surface area is 159 Å². The molecule has 1 heterocycles. The molecule has 138 valence electrons. The molecule has 1 aromatic heterocycles. The number of thioether (sulfide) groups is 1. The average molecular weight is 383 g/mol. The van der Waals surface area contributed by atoms with Gasteiger partial charge in [0, 0.05) is 22.0 Å². The highest BCUT2D eigenvalue weighted by Gasteiger charge is 2.09. The van der Waals surface area contributed by atoms with Crippen molar-refractivity contribution in [2.24, 2.45) is 5.10 Å². The Morgan fingerprint density at radius 1 is 1.30 bits per heavy atom. The summed E-state index contributed by atoms with van der Waals surface area (Å²) in [5, 5.41) is 24.1. The standard InChI is InChI=1S/C19H17N3O4S/c1-26-15-9-12(8-14(23)19(15)25)10-21-22-17(24)11-27-16-6-2-4-13-5-3-7-20-18(13)16/h2-10,23,25H,11H2,1H3,(H,22,24)/b21-10+. The number of fused-ring (bicyclic) bond motifs is 1. The Morgan fingerprint density at radius 2 is 2.11 bits per heavy atom. The van der Waals surface area contributed by atoms with Gasteiger partial charge in [0.05, 0.1) is 24.6 Å². The van der Waals surface area contributed by atoms with E-state index in [0.29, 0.717) is 5.56 Å². The van der Waals surface area contributed by atoms with Crippen molar-refractivity contribution < 1.29 is 19.7 Å². The molecular formula is C19H17N3O4S. The van der Waals surface area contributed by atoms with Crippen LogP contribution in [-0.4, -0.2) is 40.2 Å². The summed E-state index contributed by atoms with van der Waals surface area (Å²) < 4.78 is 4.95. The van der Waals surface area contributed by atoms with Crippen LogP contribution in [0.4, 0.5) is 0 Å². The van der Waals surface area contributed by atoms with E-state index in [9.17, 15) is 15.0 Å². The number of ether oxygens (including phenoxy) is 1. The second kappa shape index (κ2) is 8.41. The van der Waals surface area contributed by atoms with Crippen LogP contribution in [-0.2, 0) is 4.79 Å². The maximum Gasteiger partial charge on any atom is 0.250 e. The molecule has 0 aliphatic heterocycles. The quantitative estimate of drug-likeness (QED) is 0.262. The van der Waals surface area contributed by atoms with Crippen molar-refractivity contribution in [2.45, 2.75) is 4.90 Å². The fraction of sp³-hybridized carbons (Fsp3) is 0.105. The lowest BCUT2D eigenvalue weighted by atomic mass is 10.2. The van der Waals surface area contributed by atoms with Crippen LogP contribution in [0.2, 0.25) is 0 Å². The Hall–Kier alpha value is -3.26. The first kappa shape index (κ1) is 18.5. The van der Waals surface area contributed by atoms with Crippen LogP contribution in [0.25, 0.3) is 10.9 Å². The predicted molar refractivity (Wildman–Crippen MR) is 105 cm³/mol. The van der Waals surface area contributed by atoms with Crippen molar-refractivity contribution in [3.05, 3.63) is 54.2 Å². The normalized spacial score (nSPS) is 11.0. The van der Waals surface area contributed by atoms with Crippen molar-refractivity contribution in [1.29, 1.82) is 0 Å². The van der Waals surface area contributed by atoms with Gasteiger partial charge >= 0.3 is 0 Å². The Morgan fingerprint density at radius 3 is 2.93 bits per heavy atom. The van der Waals surface area contributed by atoms with E-state index in [-0.39, 0.29) is 28.9 Å². The highest BCUT2D eigenvalue weighted by atomic mass is 32.2. The van der Waals surface area contributed by atoms with Crippen molar-refractivity contribution in [3.63, 3.8) is 0 Å². The van der Waals surface area contributed by atoms with Gasteiger partial charge in [-0.3, -0.25) is 9.78 Å². The Balaban J connectivity index is 1.60. The van der Waals surface area contributed by atoms with Gasteiger partial charge in [0.15, 0.2) is 11.5 Å². The SMILES string of the molecule is COc1cc(/C=N/NC(=O)CSc2cccc3cccnc23)cc(O)c1O. The number of nitrogens with zero attached hydrogens (tertiary/aromatic N) is 2. The third-order valence-electron chi connectivity index (χ3n) is 3.65. The summed E-state index contributed by atoms with van der Waals surface area (Å²) in [6.45, 7) is 0. The zero-order valence-corrected chi connectivity index (χ0v) is 15.2. The molecule has 0 aliphatic rings. The smallest absolute Gasteiger partial charge is 0.250 e. The van der Waals surface area contributed by atoms with Crippen molar-refractivity contribution >= 4 is 34.8 Å². The molecule has 0 bridgehead atoms. The van der Waals surface area contributed by atoms with Crippen LogP contribution in [0.1, 0.15) is 5.56 Å². The molecule has 0 aliphatic carbocycles. The number of carbonyl (C=O) groups is 1. The number of phenols is 2. The predicted octanol–water partition coefficient (Wildman–Crippen LogP) is 2.90. The molecule has 0 fully saturated rings. The Bertz CT molecular complexity index is 1000. The number of aromatic hydroxyl groups is 2. The molecule has 3 rings (SSSR count). The number of amides is 1. The molecule has 8 heteroatoms. The summed E-state index contributed by atoms with van der Waals surface area (Å²) in [4.78, 5) is 17.3. The number of para-hydroxylation sites is 1. The third-order valence-corrected chi connectivity index (χ3v) is 4.70. The first-order valence-electron chi connectivity index (χ1n) is 7.97. The lowest BCUT2D eigenvalue weighted by Gasteiger charge is -2.06. The summed E-state index contributed by atoms with van der Waals surface area (Å²) in [5.74, 6) is -0.669. The van der Waals surface area contributed by atoms with E-state index in [4.69, 9.17) is 4.74 Å². The zero-order chi connectivity index (χ0) is 19.2. The molecule has 3 aromatic rings. The molecule has 7 nitrogen and oxygen atoms in total. The van der Waals surface area contributed by atoms with Crippen LogP contribution in [0.3, 0.4) is 0 Å². The number of aromatic nitrogens is 1. The number of nitrogens with one attached hydrogen (secondary N) is 1. The van der Waals surface area contributed by atoms with Crippen molar-refractivity contribution in [2.75, 3.05) is 12.9 Å². The number of phenolic OH excluding ortho intramolecular Hbond substituents is 2. The highest BCUT2D eigenvalue weighted by Crippen LogP contribution is 2.35. The summed E-state index contributed by atoms with van der Waals surface area (Å²) in [7, 11) is 1.37. The lowest BCUT2D eigenvalue weighted by Crippen LogP contribution is -2.19. The molecule has 1 amide bonds. The maximum atomic E-state index is 12.0. The first-order chi connectivity index (χ1) is 13.1. The average Bonchev–Trinajstić information content (AvgIpc) is 2.68. The minimum atomic E-state index is -0.348. The van der Waals surface area contributed by atoms with E-state index in [1.165, 1.54) is 37.2 Å². The van der Waals surface area contributed by atoms with Crippen LogP contribution >= 0.6 is 11.8 Å². The van der Waals surface area contributed by atoms with Gasteiger partial charge in [0.2, 0.25) is 11.7 Å². The minimum absolute atomic E-state index is 0.113. The molecule has 3 N–H and O–H groups in total. The number of methoxy groups -OCH3 is 1. The van der Waals surface area contributed by atoms with Gasteiger partial charge in [-0.25, -0.2) is 5.43 Å². The van der Waals surface area contributed by atoms with Gasteiger partial charge in [-0.05, 0) is 24.3 Å². The minimum Gasteiger partial charge on any atom is -0.504 e. The number of hydrogen-bond acceptors (Lipinski definition) is 7. The van der Waals surface area contributed by atoms with E-state index in [1.54, 1.807) is 6.20 Å². The molecule has 2 aromatic carbocycles. The fourth-order valence-corrected chi connectivity index (χ4v) is 3.22. The molecule has 0 spiro atoms. The van der Waals surface area contributed by atoms with Gasteiger partial charge in [0.25, 0.3) is 0 Å². The maximum absolute atomic E-state index is 12.0. The number of carbonyl (C=O) groups excluding carboxylic acids is 1. The van der Waals surface area contributed by atoms with E-state index >= 15 is 0 Å². The molecule has 0 unspecified atom stereocenters. The van der Waals surface area contributed by atoms with Crippen LogP contribution in [0, 0.1) is 0 Å². The third kappa shape index (κ3) is 4.48. The lowest BCUT2D eigenvalue weighted by molar-refractivity contribution is -0.118. The number of hydrogen-bond donors (Lipinski definition) is 3. The van der Waals surface area contributed by atoms with E-state index < -0.39 is 0 Å². The number of benzene rings is 2. The Kier molecular flexibility index (Phi) is 5.77. The number of hydrazone groups is 1. The zero-order valence-electron chi connectivity index (χ0n) is 14.4. The largest absolute Gasteiger partial charge is 0.504 e. The molecular weight excluding hydrogens is 366 g/mol. The summed E-state index contributed by atoms with van der Waals surface area (Å²) in [5.41, 5.74) is 3.75. The highest BCUT2D eigenvalue weighted by molar-refractivity contribution is 8.00. The van der Waals surface area contributed by atoms with E-state index in [2.05, 4.69) is 15.5 Å². The second-order valence-corrected chi connectivity index (χ2v) is 6.52. The summed E-state index contributed by atoms with van der Waals surface area (Å²) in [6, 6.07) is 12.4. The molecule has 0 saturated heterocycles. The van der Waals surface area contributed by atoms with Crippen LogP contribution in [0.15, 0.2) is 58.7 Å². The van der Waals surface area contributed by atoms with Crippen molar-refractivity contribution in [3.8, 4) is 17.2 Å². The van der Waals surface area contributed by atoms with Crippen molar-refractivity contribution in [1.82, 2.24) is 10.4 Å². The second-order valence-electron chi connectivity index (χ2n) is 5.50. The van der Waals surface area contributed by atoms with Gasteiger partial charge < -0.3 is 14.9 Å². The van der Waals surface area contributed by atoms with Gasteiger partial charge in [-0.1, -0.05) is 18.2 Å². The van der Waals surface area contributed by atoms with Gasteiger partial charge in [-0.2, -0.15) is 5.10 Å². The fourth-order valence-electron chi connectivity index (χ4n) is 2.39. The monoisotopic (exact) mass is 383 g/mol. The molecule has 0 saturated carbocycles. The van der Waals surface area contributed by atoms with Gasteiger partial charge in [0.1, 0.15) is 0 Å². The number of pyridine rings is 1. The summed E-state index contributed by atoms with van der Waals surface area (Å²) >= 11 is 1.37.